The molecule has 1 aromatic heterocycles. The lowest BCUT2D eigenvalue weighted by atomic mass is 10.2. The van der Waals surface area contributed by atoms with Gasteiger partial charge in [-0.2, -0.15) is 4.98 Å². The van der Waals surface area contributed by atoms with Crippen LogP contribution in [0, 0.1) is 5.82 Å². The molecule has 0 bridgehead atoms. The maximum atomic E-state index is 13.5. The third kappa shape index (κ3) is 2.53. The van der Waals surface area contributed by atoms with Gasteiger partial charge in [-0.25, -0.2) is 4.39 Å². The highest BCUT2D eigenvalue weighted by atomic mass is 19.1. The van der Waals surface area contributed by atoms with Gasteiger partial charge >= 0.3 is 0 Å². The Kier molecular flexibility index (Phi) is 3.36. The van der Waals surface area contributed by atoms with Gasteiger partial charge in [-0.3, -0.25) is 4.79 Å². The molecular weight excluding hydrogens is 239 g/mol. The molecule has 0 aliphatic carbocycles. The first-order valence-corrected chi connectivity index (χ1v) is 5.26. The summed E-state index contributed by atoms with van der Waals surface area (Å²) in [6.45, 7) is 1.43. The topological polar surface area (TPSA) is 65.2 Å². The molecule has 0 saturated heterocycles. The van der Waals surface area contributed by atoms with Crippen molar-refractivity contribution in [1.82, 2.24) is 10.1 Å². The highest BCUT2D eigenvalue weighted by molar-refractivity contribution is 5.77. The van der Waals surface area contributed by atoms with E-state index in [2.05, 4.69) is 10.1 Å². The van der Waals surface area contributed by atoms with Crippen LogP contribution in [0.2, 0.25) is 0 Å². The Balaban J connectivity index is 2.28. The third-order valence-electron chi connectivity index (χ3n) is 2.28. The lowest BCUT2D eigenvalue weighted by Gasteiger charge is -2.01. The van der Waals surface area contributed by atoms with Gasteiger partial charge in [0.1, 0.15) is 5.78 Å². The zero-order valence-corrected chi connectivity index (χ0v) is 9.94. The van der Waals surface area contributed by atoms with Crippen molar-refractivity contribution in [2.24, 2.45) is 0 Å². The molecule has 6 heteroatoms. The van der Waals surface area contributed by atoms with Crippen molar-refractivity contribution in [1.29, 1.82) is 0 Å². The van der Waals surface area contributed by atoms with Crippen LogP contribution >= 0.6 is 0 Å². The monoisotopic (exact) mass is 250 g/mol. The van der Waals surface area contributed by atoms with E-state index >= 15 is 0 Å². The first-order valence-electron chi connectivity index (χ1n) is 5.26. The number of hydrogen-bond acceptors (Lipinski definition) is 5. The van der Waals surface area contributed by atoms with Crippen molar-refractivity contribution in [3.63, 3.8) is 0 Å². The van der Waals surface area contributed by atoms with E-state index < -0.39 is 5.82 Å². The van der Waals surface area contributed by atoms with Crippen molar-refractivity contribution in [2.75, 3.05) is 7.11 Å². The number of ketones is 1. The fourth-order valence-electron chi connectivity index (χ4n) is 1.46. The van der Waals surface area contributed by atoms with Crippen LogP contribution in [-0.2, 0) is 11.2 Å². The molecule has 0 fully saturated rings. The SMILES string of the molecule is COc1ccc(-c2noc(CC(C)=O)n2)cc1F. The van der Waals surface area contributed by atoms with E-state index in [-0.39, 0.29) is 29.7 Å². The Bertz CT molecular complexity index is 580. The summed E-state index contributed by atoms with van der Waals surface area (Å²) >= 11 is 0. The molecule has 2 rings (SSSR count). The molecule has 0 aliphatic heterocycles. The number of benzene rings is 1. The summed E-state index contributed by atoms with van der Waals surface area (Å²) < 4.78 is 23.2. The second-order valence-electron chi connectivity index (χ2n) is 3.74. The normalized spacial score (nSPS) is 10.4. The van der Waals surface area contributed by atoms with Gasteiger partial charge in [0.2, 0.25) is 11.7 Å². The molecule has 2 aromatic rings. The summed E-state index contributed by atoms with van der Waals surface area (Å²) in [5.74, 6) is 0.0202. The van der Waals surface area contributed by atoms with Crippen molar-refractivity contribution in [2.45, 2.75) is 13.3 Å². The number of halogens is 1. The van der Waals surface area contributed by atoms with Gasteiger partial charge < -0.3 is 9.26 Å². The number of Topliss-reactive ketones (excluding diaryl/α,β-unsaturated/α-hetero) is 1. The Morgan fingerprint density at radius 2 is 2.28 bits per heavy atom. The molecule has 0 unspecified atom stereocenters. The molecule has 0 amide bonds. The van der Waals surface area contributed by atoms with Gasteiger partial charge in [-0.15, -0.1) is 0 Å². The first kappa shape index (κ1) is 12.2. The maximum absolute atomic E-state index is 13.5. The molecule has 5 nitrogen and oxygen atoms in total. The van der Waals surface area contributed by atoms with Crippen LogP contribution in [0.3, 0.4) is 0 Å². The van der Waals surface area contributed by atoms with E-state index in [9.17, 15) is 9.18 Å². The highest BCUT2D eigenvalue weighted by Gasteiger charge is 2.12. The summed E-state index contributed by atoms with van der Waals surface area (Å²) in [6, 6.07) is 4.34. The number of hydrogen-bond donors (Lipinski definition) is 0. The minimum atomic E-state index is -0.507. The molecule has 0 aliphatic rings. The summed E-state index contributed by atoms with van der Waals surface area (Å²) in [7, 11) is 1.39. The second-order valence-corrected chi connectivity index (χ2v) is 3.74. The lowest BCUT2D eigenvalue weighted by Crippen LogP contribution is -1.96. The summed E-state index contributed by atoms with van der Waals surface area (Å²) in [6.07, 6.45) is 0.0750. The molecule has 94 valence electrons. The number of nitrogens with zero attached hydrogens (tertiary/aromatic N) is 2. The standard InChI is InChI=1S/C12H11FN2O3/c1-7(16)5-11-14-12(15-18-11)8-3-4-10(17-2)9(13)6-8/h3-4,6H,5H2,1-2H3. The average Bonchev–Trinajstić information content (AvgIpc) is 2.76. The zero-order chi connectivity index (χ0) is 13.1. The predicted octanol–water partition coefficient (Wildman–Crippen LogP) is 2.02. The molecule has 0 radical (unpaired) electrons. The van der Waals surface area contributed by atoms with Crippen LogP contribution in [-0.4, -0.2) is 23.0 Å². The number of ether oxygens (including phenoxy) is 1. The van der Waals surface area contributed by atoms with E-state index in [0.717, 1.165) is 0 Å². The highest BCUT2D eigenvalue weighted by Crippen LogP contribution is 2.23. The lowest BCUT2D eigenvalue weighted by molar-refractivity contribution is -0.116. The molecule has 1 heterocycles. The van der Waals surface area contributed by atoms with Crippen LogP contribution in [0.5, 0.6) is 5.75 Å². The van der Waals surface area contributed by atoms with Crippen molar-refractivity contribution in [3.8, 4) is 17.1 Å². The number of carbonyl (C=O) groups excluding carboxylic acids is 1. The molecule has 0 saturated carbocycles. The summed E-state index contributed by atoms with van der Waals surface area (Å²) in [4.78, 5) is 14.9. The molecule has 0 atom stereocenters. The van der Waals surface area contributed by atoms with E-state index in [4.69, 9.17) is 9.26 Å². The van der Waals surface area contributed by atoms with E-state index in [1.54, 1.807) is 6.07 Å². The van der Waals surface area contributed by atoms with E-state index in [1.165, 1.54) is 26.2 Å². The second kappa shape index (κ2) is 4.95. The van der Waals surface area contributed by atoms with Crippen LogP contribution in [0.15, 0.2) is 22.7 Å². The summed E-state index contributed by atoms with van der Waals surface area (Å²) in [5.41, 5.74) is 0.465. The first-order chi connectivity index (χ1) is 8.60. The number of carbonyl (C=O) groups is 1. The van der Waals surface area contributed by atoms with Gasteiger partial charge in [0.05, 0.1) is 13.5 Å². The van der Waals surface area contributed by atoms with Crippen LogP contribution in [0.1, 0.15) is 12.8 Å². The van der Waals surface area contributed by atoms with Gasteiger partial charge in [0.25, 0.3) is 0 Å². The molecular formula is C12H11FN2O3. The van der Waals surface area contributed by atoms with Crippen molar-refractivity contribution >= 4 is 5.78 Å². The van der Waals surface area contributed by atoms with Crippen LogP contribution in [0.4, 0.5) is 4.39 Å². The Morgan fingerprint density at radius 3 is 2.89 bits per heavy atom. The fourth-order valence-corrected chi connectivity index (χ4v) is 1.46. The van der Waals surface area contributed by atoms with E-state index in [1.807, 2.05) is 0 Å². The van der Waals surface area contributed by atoms with Crippen molar-refractivity contribution < 1.29 is 18.4 Å². The van der Waals surface area contributed by atoms with Gasteiger partial charge in [0.15, 0.2) is 11.6 Å². The fraction of sp³-hybridized carbons (Fsp3) is 0.250. The van der Waals surface area contributed by atoms with Gasteiger partial charge in [-0.05, 0) is 25.1 Å². The number of methoxy groups -OCH3 is 1. The largest absolute Gasteiger partial charge is 0.494 e. The van der Waals surface area contributed by atoms with E-state index in [0.29, 0.717) is 5.56 Å². The Hall–Kier alpha value is -2.24. The molecule has 1 aromatic carbocycles. The van der Waals surface area contributed by atoms with Crippen LogP contribution in [0.25, 0.3) is 11.4 Å². The number of rotatable bonds is 4. The smallest absolute Gasteiger partial charge is 0.234 e. The van der Waals surface area contributed by atoms with Crippen molar-refractivity contribution in [3.05, 3.63) is 29.9 Å². The molecule has 0 N–H and O–H groups in total. The molecule has 18 heavy (non-hydrogen) atoms. The Morgan fingerprint density at radius 1 is 1.50 bits per heavy atom. The average molecular weight is 250 g/mol. The minimum Gasteiger partial charge on any atom is -0.494 e. The minimum absolute atomic E-state index is 0.0750. The molecule has 0 spiro atoms. The number of aromatic nitrogens is 2. The maximum Gasteiger partial charge on any atom is 0.234 e. The summed E-state index contributed by atoms with van der Waals surface area (Å²) in [5, 5.41) is 3.69. The quantitative estimate of drug-likeness (QED) is 0.830. The van der Waals surface area contributed by atoms with Gasteiger partial charge in [-0.1, -0.05) is 5.16 Å². The zero-order valence-electron chi connectivity index (χ0n) is 9.94. The van der Waals surface area contributed by atoms with Crippen LogP contribution < -0.4 is 4.74 Å². The predicted molar refractivity (Wildman–Crippen MR) is 60.6 cm³/mol. The van der Waals surface area contributed by atoms with Gasteiger partial charge in [0, 0.05) is 5.56 Å². The Labute approximate surface area is 103 Å². The third-order valence-corrected chi connectivity index (χ3v) is 2.28.